The van der Waals surface area contributed by atoms with Gasteiger partial charge in [0.15, 0.2) is 0 Å². The second-order valence-electron chi connectivity index (χ2n) is 14.1. The molecule has 0 spiro atoms. The number of nitriles is 1. The van der Waals surface area contributed by atoms with Gasteiger partial charge in [0.25, 0.3) is 0 Å². The zero-order chi connectivity index (χ0) is 41.5. The smallest absolute Gasteiger partial charge is 0.348 e. The van der Waals surface area contributed by atoms with Gasteiger partial charge in [-0.05, 0) is 101 Å². The van der Waals surface area contributed by atoms with Crippen molar-refractivity contribution in [3.63, 3.8) is 0 Å². The lowest BCUT2D eigenvalue weighted by molar-refractivity contribution is -0.137. The van der Waals surface area contributed by atoms with Crippen molar-refractivity contribution in [1.82, 2.24) is 0 Å². The van der Waals surface area contributed by atoms with Gasteiger partial charge in [0.1, 0.15) is 11.6 Å². The lowest BCUT2D eigenvalue weighted by atomic mass is 9.94. The molecule has 3 aromatic heterocycles. The van der Waals surface area contributed by atoms with Gasteiger partial charge in [-0.15, -0.1) is 34.0 Å². The van der Waals surface area contributed by atoms with E-state index in [1.54, 1.807) is 24.3 Å². The molecule has 0 fully saturated rings. The van der Waals surface area contributed by atoms with E-state index in [1.807, 2.05) is 53.0 Å². The molecule has 9 rings (SSSR count). The van der Waals surface area contributed by atoms with Gasteiger partial charge in [0, 0.05) is 47.7 Å². The lowest BCUT2D eigenvalue weighted by Gasteiger charge is -2.25. The molecule has 4 nitrogen and oxygen atoms in total. The lowest BCUT2D eigenvalue weighted by Crippen LogP contribution is -2.09. The van der Waals surface area contributed by atoms with Gasteiger partial charge in [-0.1, -0.05) is 133 Å². The number of nitrogens with zero attached hydrogens (tertiary/aromatic N) is 2. The number of esters is 1. The van der Waals surface area contributed by atoms with Gasteiger partial charge in [0.05, 0.1) is 16.4 Å². The van der Waals surface area contributed by atoms with Crippen molar-refractivity contribution >= 4 is 63.1 Å². The fourth-order valence-electron chi connectivity index (χ4n) is 7.40. The van der Waals surface area contributed by atoms with Gasteiger partial charge in [-0.2, -0.15) is 5.26 Å². The molecule has 0 saturated carbocycles. The number of benzene rings is 6. The molecule has 7 heteroatoms. The normalized spacial score (nSPS) is 11.2. The summed E-state index contributed by atoms with van der Waals surface area (Å²) < 4.78 is 5.04. The number of carbonyl (C=O) groups excluding carboxylic acids is 1. The predicted molar refractivity (Wildman–Crippen MR) is 258 cm³/mol. The summed E-state index contributed by atoms with van der Waals surface area (Å²) in [7, 11) is 0. The highest BCUT2D eigenvalue weighted by molar-refractivity contribution is 7.28. The first-order valence-corrected chi connectivity index (χ1v) is 22.4. The third kappa shape index (κ3) is 8.39. The summed E-state index contributed by atoms with van der Waals surface area (Å²) in [5, 5.41) is 9.53. The Hall–Kier alpha value is -7.08. The van der Waals surface area contributed by atoms with Crippen molar-refractivity contribution in [2.24, 2.45) is 0 Å². The maximum Gasteiger partial charge on any atom is 0.348 e. The van der Waals surface area contributed by atoms with E-state index in [1.165, 1.54) is 52.2 Å². The Morgan fingerprint density at radius 3 is 1.36 bits per heavy atom. The SMILES string of the molecule is CCOC(=O)/C(C#N)=C/c1ccc(-c2ccc(-c3sc(-c4ccc(-c5ccc(N(c6ccccc6)c6ccccc6)cc5)s4)c(-c4ccccc4)c3-c3ccccc3)s2)cc1. The van der Waals surface area contributed by atoms with Crippen LogP contribution in [0.1, 0.15) is 12.5 Å². The van der Waals surface area contributed by atoms with Crippen LogP contribution in [-0.2, 0) is 9.53 Å². The molecular formula is C54H38N2O2S3. The highest BCUT2D eigenvalue weighted by Crippen LogP contribution is 2.55. The number of carbonyl (C=O) groups is 1. The number of para-hydroxylation sites is 2. The van der Waals surface area contributed by atoms with E-state index in [0.717, 1.165) is 33.1 Å². The van der Waals surface area contributed by atoms with Gasteiger partial charge in [0.2, 0.25) is 0 Å². The van der Waals surface area contributed by atoms with Crippen LogP contribution < -0.4 is 4.90 Å². The molecule has 0 aliphatic heterocycles. The first-order chi connectivity index (χ1) is 30.1. The van der Waals surface area contributed by atoms with Crippen LogP contribution in [-0.4, -0.2) is 12.6 Å². The van der Waals surface area contributed by atoms with Crippen LogP contribution in [0.2, 0.25) is 0 Å². The van der Waals surface area contributed by atoms with Gasteiger partial charge >= 0.3 is 5.97 Å². The van der Waals surface area contributed by atoms with Crippen molar-refractivity contribution in [2.45, 2.75) is 6.92 Å². The number of hydrogen-bond acceptors (Lipinski definition) is 7. The van der Waals surface area contributed by atoms with Gasteiger partial charge in [-0.25, -0.2) is 4.79 Å². The second kappa shape index (κ2) is 18.0. The summed E-state index contributed by atoms with van der Waals surface area (Å²) in [4.78, 5) is 21.7. The molecule has 0 atom stereocenters. The Kier molecular flexibility index (Phi) is 11.6. The van der Waals surface area contributed by atoms with Gasteiger partial charge < -0.3 is 9.64 Å². The molecule has 0 N–H and O–H groups in total. The largest absolute Gasteiger partial charge is 0.462 e. The van der Waals surface area contributed by atoms with E-state index in [4.69, 9.17) is 4.74 Å². The highest BCUT2D eigenvalue weighted by Gasteiger charge is 2.25. The third-order valence-corrected chi connectivity index (χ3v) is 14.1. The topological polar surface area (TPSA) is 53.3 Å². The van der Waals surface area contributed by atoms with Crippen LogP contribution in [0.15, 0.2) is 200 Å². The molecule has 0 aliphatic carbocycles. The number of anilines is 3. The molecule has 294 valence electrons. The molecule has 0 unspecified atom stereocenters. The van der Waals surface area contributed by atoms with Crippen molar-refractivity contribution in [2.75, 3.05) is 11.5 Å². The molecule has 61 heavy (non-hydrogen) atoms. The summed E-state index contributed by atoms with van der Waals surface area (Å²) in [5.74, 6) is -0.612. The maximum absolute atomic E-state index is 12.2. The zero-order valence-electron chi connectivity index (χ0n) is 33.2. The molecular weight excluding hydrogens is 805 g/mol. The van der Waals surface area contributed by atoms with Crippen molar-refractivity contribution in [1.29, 1.82) is 5.26 Å². The molecule has 9 aromatic rings. The molecule has 0 radical (unpaired) electrons. The third-order valence-electron chi connectivity index (χ3n) is 10.3. The number of thiophene rings is 3. The van der Waals surface area contributed by atoms with Crippen molar-refractivity contribution < 1.29 is 9.53 Å². The van der Waals surface area contributed by atoms with E-state index in [2.05, 4.69) is 175 Å². The number of ether oxygens (including phenoxy) is 1. The second-order valence-corrected chi connectivity index (χ2v) is 17.3. The molecule has 0 bridgehead atoms. The Bertz CT molecular complexity index is 2940. The maximum atomic E-state index is 12.2. The summed E-state index contributed by atoms with van der Waals surface area (Å²) in [5.41, 5.74) is 11.1. The van der Waals surface area contributed by atoms with Crippen LogP contribution in [0.3, 0.4) is 0 Å². The zero-order valence-corrected chi connectivity index (χ0v) is 35.6. The highest BCUT2D eigenvalue weighted by atomic mass is 32.1. The van der Waals surface area contributed by atoms with Crippen LogP contribution in [0.4, 0.5) is 17.1 Å². The molecule has 3 heterocycles. The van der Waals surface area contributed by atoms with E-state index >= 15 is 0 Å². The average Bonchev–Trinajstić information content (AvgIpc) is 4.10. The van der Waals surface area contributed by atoms with Gasteiger partial charge in [-0.3, -0.25) is 0 Å². The minimum atomic E-state index is -0.612. The van der Waals surface area contributed by atoms with Crippen molar-refractivity contribution in [3.8, 4) is 68.7 Å². The van der Waals surface area contributed by atoms with Crippen LogP contribution in [0.25, 0.3) is 68.7 Å². The molecule has 0 amide bonds. The van der Waals surface area contributed by atoms with E-state index < -0.39 is 5.97 Å². The fourth-order valence-corrected chi connectivity index (χ4v) is 11.0. The number of hydrogen-bond donors (Lipinski definition) is 0. The Morgan fingerprint density at radius 2 is 0.918 bits per heavy atom. The van der Waals surface area contributed by atoms with Crippen molar-refractivity contribution in [3.05, 3.63) is 205 Å². The Morgan fingerprint density at radius 1 is 0.508 bits per heavy atom. The van der Waals surface area contributed by atoms with E-state index in [0.29, 0.717) is 0 Å². The summed E-state index contributed by atoms with van der Waals surface area (Å²) in [6.07, 6.45) is 1.57. The summed E-state index contributed by atoms with van der Waals surface area (Å²) in [6.45, 7) is 1.95. The minimum Gasteiger partial charge on any atom is -0.462 e. The molecule has 6 aromatic carbocycles. The van der Waals surface area contributed by atoms with Crippen LogP contribution in [0.5, 0.6) is 0 Å². The number of rotatable bonds is 12. The van der Waals surface area contributed by atoms with Crippen LogP contribution in [0, 0.1) is 11.3 Å². The minimum absolute atomic E-state index is 0.0195. The van der Waals surface area contributed by atoms with E-state index in [9.17, 15) is 10.1 Å². The summed E-state index contributed by atoms with van der Waals surface area (Å²) >= 11 is 5.44. The standard InChI is InChI=1S/C54H38N2O2S3/c1-2-58-54(57)42(36-55)35-37-23-25-38(26-24-37)46-31-33-48(59-46)52-50(40-15-7-3-8-16-40)51(41-17-9-4-10-18-41)53(61-52)49-34-32-47(60-49)39-27-29-45(30-28-39)56(43-19-11-5-12-20-43)44-21-13-6-14-22-44/h3-35H,2H2,1H3/b42-35+. The monoisotopic (exact) mass is 842 g/mol. The first-order valence-electron chi connectivity index (χ1n) is 20.0. The first kappa shape index (κ1) is 39.4. The predicted octanol–water partition coefficient (Wildman–Crippen LogP) is 15.8. The Labute approximate surface area is 368 Å². The van der Waals surface area contributed by atoms with Crippen LogP contribution >= 0.6 is 34.0 Å². The fraction of sp³-hybridized carbons (Fsp3) is 0.0370. The molecule has 0 aliphatic rings. The quantitative estimate of drug-likeness (QED) is 0.0698. The van der Waals surface area contributed by atoms with E-state index in [-0.39, 0.29) is 12.2 Å². The Balaban J connectivity index is 1.10. The molecule has 0 saturated heterocycles. The average molecular weight is 843 g/mol. The summed E-state index contributed by atoms with van der Waals surface area (Å²) in [6, 6.07) is 70.2.